The Labute approximate surface area is 154 Å². The maximum Gasteiger partial charge on any atom is 0.331 e. The highest BCUT2D eigenvalue weighted by Gasteiger charge is 2.14. The van der Waals surface area contributed by atoms with E-state index in [9.17, 15) is 9.59 Å². The lowest BCUT2D eigenvalue weighted by atomic mass is 10.2. The summed E-state index contributed by atoms with van der Waals surface area (Å²) in [4.78, 5) is 23.8. The fraction of sp³-hybridized carbons (Fsp3) is 0.105. The van der Waals surface area contributed by atoms with Crippen molar-refractivity contribution in [3.8, 4) is 16.3 Å². The molecule has 1 atom stereocenters. The number of esters is 1. The van der Waals surface area contributed by atoms with Crippen LogP contribution in [0.4, 0.5) is 0 Å². The van der Waals surface area contributed by atoms with Crippen LogP contribution in [-0.2, 0) is 14.3 Å². The number of amides is 1. The van der Waals surface area contributed by atoms with E-state index in [4.69, 9.17) is 10.5 Å². The number of carbonyl (C=O) groups is 2. The molecule has 0 fully saturated rings. The highest BCUT2D eigenvalue weighted by Crippen LogP contribution is 2.28. The average Bonchev–Trinajstić information content (AvgIpc) is 3.30. The summed E-state index contributed by atoms with van der Waals surface area (Å²) >= 11 is 1.56. The summed E-state index contributed by atoms with van der Waals surface area (Å²) in [6.07, 6.45) is 3.75. The second-order valence-electron chi connectivity index (χ2n) is 5.51. The Balaban J connectivity index is 1.90. The monoisotopic (exact) mass is 367 g/mol. The molecule has 132 valence electrons. The van der Waals surface area contributed by atoms with Gasteiger partial charge in [-0.15, -0.1) is 11.3 Å². The van der Waals surface area contributed by atoms with Gasteiger partial charge in [0.2, 0.25) is 0 Å². The number of hydrogen-bond donors (Lipinski definition) is 1. The summed E-state index contributed by atoms with van der Waals surface area (Å²) in [5.74, 6) is -1.33. The Morgan fingerprint density at radius 3 is 2.65 bits per heavy atom. The molecule has 2 aromatic heterocycles. The molecular weight excluding hydrogens is 350 g/mol. The Morgan fingerprint density at radius 2 is 2.00 bits per heavy atom. The molecule has 1 amide bonds. The minimum Gasteiger partial charge on any atom is -0.449 e. The fourth-order valence-electron chi connectivity index (χ4n) is 2.26. The first kappa shape index (κ1) is 17.6. The van der Waals surface area contributed by atoms with Gasteiger partial charge in [0.1, 0.15) is 5.69 Å². The van der Waals surface area contributed by atoms with Gasteiger partial charge in [0.05, 0.1) is 10.6 Å². The number of carbonyl (C=O) groups excluding carboxylic acids is 2. The van der Waals surface area contributed by atoms with Crippen LogP contribution in [0.15, 0.2) is 60.1 Å². The van der Waals surface area contributed by atoms with Crippen LogP contribution in [0.25, 0.3) is 22.3 Å². The van der Waals surface area contributed by atoms with E-state index in [1.807, 2.05) is 54.0 Å². The lowest BCUT2D eigenvalue weighted by Crippen LogP contribution is -2.29. The molecule has 0 bridgehead atoms. The highest BCUT2D eigenvalue weighted by molar-refractivity contribution is 7.13. The number of para-hydroxylation sites is 1. The summed E-state index contributed by atoms with van der Waals surface area (Å²) in [6.45, 7) is 1.43. The molecule has 6 nitrogen and oxygen atoms in total. The molecular formula is C19H17N3O3S. The van der Waals surface area contributed by atoms with Crippen molar-refractivity contribution in [2.24, 2.45) is 5.73 Å². The van der Waals surface area contributed by atoms with Crippen molar-refractivity contribution in [3.63, 3.8) is 0 Å². The van der Waals surface area contributed by atoms with Gasteiger partial charge in [0, 0.05) is 17.8 Å². The lowest BCUT2D eigenvalue weighted by Gasteiger charge is -2.06. The summed E-state index contributed by atoms with van der Waals surface area (Å²) in [6, 6.07) is 13.6. The van der Waals surface area contributed by atoms with Crippen LogP contribution >= 0.6 is 11.3 Å². The van der Waals surface area contributed by atoms with Crippen LogP contribution in [0, 0.1) is 0 Å². The van der Waals surface area contributed by atoms with Gasteiger partial charge in [0.15, 0.2) is 6.10 Å². The number of aromatic nitrogens is 2. The van der Waals surface area contributed by atoms with Crippen LogP contribution in [0.2, 0.25) is 0 Å². The number of ether oxygens (including phenoxy) is 1. The SMILES string of the molecule is C[C@@H](OC(=O)/C=C\c1cn(-c2ccccc2)nc1-c1cccs1)C(N)=O. The molecule has 2 heterocycles. The molecule has 3 rings (SSSR count). The Bertz CT molecular complexity index is 930. The van der Waals surface area contributed by atoms with Crippen molar-refractivity contribution in [2.75, 3.05) is 0 Å². The molecule has 0 saturated heterocycles. The second kappa shape index (κ2) is 7.79. The third-order valence-electron chi connectivity index (χ3n) is 3.61. The molecule has 2 N–H and O–H groups in total. The Kier molecular flexibility index (Phi) is 5.28. The van der Waals surface area contributed by atoms with E-state index in [-0.39, 0.29) is 0 Å². The van der Waals surface area contributed by atoms with Gasteiger partial charge in [-0.3, -0.25) is 4.79 Å². The van der Waals surface area contributed by atoms with Crippen molar-refractivity contribution >= 4 is 29.3 Å². The van der Waals surface area contributed by atoms with Crippen LogP contribution in [0.1, 0.15) is 12.5 Å². The lowest BCUT2D eigenvalue weighted by molar-refractivity contribution is -0.148. The molecule has 0 saturated carbocycles. The zero-order valence-corrected chi connectivity index (χ0v) is 14.8. The quantitative estimate of drug-likeness (QED) is 0.536. The van der Waals surface area contributed by atoms with Gasteiger partial charge in [-0.05, 0) is 36.6 Å². The fourth-order valence-corrected chi connectivity index (χ4v) is 2.99. The average molecular weight is 367 g/mol. The molecule has 0 aliphatic rings. The van der Waals surface area contributed by atoms with Crippen molar-refractivity contribution in [3.05, 3.63) is 65.7 Å². The number of nitrogens with zero attached hydrogens (tertiary/aromatic N) is 2. The normalized spacial score (nSPS) is 12.2. The number of primary amides is 1. The first-order valence-electron chi connectivity index (χ1n) is 7.91. The standard InChI is InChI=1S/C19H17N3O3S/c1-13(19(20)24)25-17(23)10-9-14-12-22(15-6-3-2-4-7-15)21-18(14)16-8-5-11-26-16/h2-13H,1H3,(H2,20,24)/b10-9-/t13-/m1/s1. The first-order chi connectivity index (χ1) is 12.5. The zero-order valence-electron chi connectivity index (χ0n) is 14.0. The number of rotatable bonds is 6. The van der Waals surface area contributed by atoms with Crippen molar-refractivity contribution < 1.29 is 14.3 Å². The molecule has 1 aromatic carbocycles. The zero-order chi connectivity index (χ0) is 18.5. The largest absolute Gasteiger partial charge is 0.449 e. The molecule has 26 heavy (non-hydrogen) atoms. The van der Waals surface area contributed by atoms with Gasteiger partial charge in [0.25, 0.3) is 5.91 Å². The number of benzene rings is 1. The van der Waals surface area contributed by atoms with E-state index in [2.05, 4.69) is 5.10 Å². The minimum absolute atomic E-state index is 0.638. The number of hydrogen-bond acceptors (Lipinski definition) is 5. The van der Waals surface area contributed by atoms with E-state index in [0.29, 0.717) is 0 Å². The predicted octanol–water partition coefficient (Wildman–Crippen LogP) is 3.03. The summed E-state index contributed by atoms with van der Waals surface area (Å²) in [7, 11) is 0. The van der Waals surface area contributed by atoms with Gasteiger partial charge in [-0.2, -0.15) is 5.10 Å². The van der Waals surface area contributed by atoms with E-state index in [1.54, 1.807) is 22.1 Å². The predicted molar refractivity (Wildman–Crippen MR) is 101 cm³/mol. The highest BCUT2D eigenvalue weighted by atomic mass is 32.1. The summed E-state index contributed by atoms with van der Waals surface area (Å²) in [5, 5.41) is 6.61. The minimum atomic E-state index is -0.976. The summed E-state index contributed by atoms with van der Waals surface area (Å²) in [5.41, 5.74) is 7.53. The maximum atomic E-state index is 11.9. The molecule has 0 spiro atoms. The van der Waals surface area contributed by atoms with Crippen LogP contribution in [-0.4, -0.2) is 27.8 Å². The molecule has 0 unspecified atom stereocenters. The van der Waals surface area contributed by atoms with Crippen molar-refractivity contribution in [1.82, 2.24) is 9.78 Å². The summed E-state index contributed by atoms with van der Waals surface area (Å²) < 4.78 is 6.69. The third kappa shape index (κ3) is 4.07. The first-order valence-corrected chi connectivity index (χ1v) is 8.79. The Morgan fingerprint density at radius 1 is 1.23 bits per heavy atom. The number of thiophene rings is 1. The van der Waals surface area contributed by atoms with Crippen molar-refractivity contribution in [2.45, 2.75) is 13.0 Å². The molecule has 0 aliphatic heterocycles. The molecule has 0 aliphatic carbocycles. The van der Waals surface area contributed by atoms with Crippen LogP contribution in [0.5, 0.6) is 0 Å². The third-order valence-corrected chi connectivity index (χ3v) is 4.49. The molecule has 7 heteroatoms. The smallest absolute Gasteiger partial charge is 0.331 e. The molecule has 0 radical (unpaired) electrons. The van der Waals surface area contributed by atoms with E-state index in [1.165, 1.54) is 13.0 Å². The van der Waals surface area contributed by atoms with Crippen LogP contribution < -0.4 is 5.73 Å². The van der Waals surface area contributed by atoms with Crippen molar-refractivity contribution in [1.29, 1.82) is 0 Å². The topological polar surface area (TPSA) is 87.2 Å². The Hall–Kier alpha value is -3.19. The van der Waals surface area contributed by atoms with Gasteiger partial charge >= 0.3 is 5.97 Å². The van der Waals surface area contributed by atoms with Crippen LogP contribution in [0.3, 0.4) is 0 Å². The van der Waals surface area contributed by atoms with Gasteiger partial charge in [-0.25, -0.2) is 9.48 Å². The number of nitrogens with two attached hydrogens (primary N) is 1. The van der Waals surface area contributed by atoms with Gasteiger partial charge < -0.3 is 10.5 Å². The molecule has 3 aromatic rings. The maximum absolute atomic E-state index is 11.9. The van der Waals surface area contributed by atoms with E-state index < -0.39 is 18.0 Å². The van der Waals surface area contributed by atoms with E-state index >= 15 is 0 Å². The second-order valence-corrected chi connectivity index (χ2v) is 6.45. The van der Waals surface area contributed by atoms with E-state index in [0.717, 1.165) is 21.8 Å². The van der Waals surface area contributed by atoms with Gasteiger partial charge in [-0.1, -0.05) is 24.3 Å².